The number of ether oxygens (including phenoxy) is 2. The van der Waals surface area contributed by atoms with E-state index < -0.39 is 29.8 Å². The molecule has 0 radical (unpaired) electrons. The molecule has 2 aliphatic rings. The monoisotopic (exact) mass is 472 g/mol. The number of morpholine rings is 2. The fraction of sp³-hybridized carbons (Fsp3) is 0.348. The molecule has 4 N–H and O–H groups in total. The maximum atomic E-state index is 13.9. The van der Waals surface area contributed by atoms with Crippen LogP contribution >= 0.6 is 0 Å². The molecule has 2 unspecified atom stereocenters. The smallest absolute Gasteiger partial charge is 0.259 e. The van der Waals surface area contributed by atoms with E-state index in [2.05, 4.69) is 5.32 Å². The molecule has 2 aliphatic heterocycles. The third-order valence-corrected chi connectivity index (χ3v) is 5.66. The lowest BCUT2D eigenvalue weighted by molar-refractivity contribution is -0.150. The molecule has 2 aromatic carbocycles. The van der Waals surface area contributed by atoms with Gasteiger partial charge in [-0.15, -0.1) is 0 Å². The van der Waals surface area contributed by atoms with Gasteiger partial charge in [0.15, 0.2) is 12.2 Å². The average molecular weight is 472 g/mol. The Balaban J connectivity index is 1.47. The second-order valence-corrected chi connectivity index (χ2v) is 7.84. The minimum Gasteiger partial charge on any atom is -0.380 e. The van der Waals surface area contributed by atoms with E-state index in [9.17, 15) is 23.9 Å². The maximum absolute atomic E-state index is 13.9. The summed E-state index contributed by atoms with van der Waals surface area (Å²) in [5.74, 6) is -2.29. The van der Waals surface area contributed by atoms with Crippen LogP contribution in [0.1, 0.15) is 5.56 Å². The number of carbonyl (C=O) groups is 3. The summed E-state index contributed by atoms with van der Waals surface area (Å²) in [4.78, 5) is 40.8. The number of nitrogens with one attached hydrogen (secondary N) is 1. The van der Waals surface area contributed by atoms with Crippen molar-refractivity contribution in [1.82, 2.24) is 0 Å². The maximum Gasteiger partial charge on any atom is 0.259 e. The number of nitrogens with two attached hydrogens (primary N) is 1. The van der Waals surface area contributed by atoms with E-state index in [1.807, 2.05) is 0 Å². The van der Waals surface area contributed by atoms with Gasteiger partial charge in [0.25, 0.3) is 17.7 Å². The molecule has 2 aromatic rings. The summed E-state index contributed by atoms with van der Waals surface area (Å²) in [6, 6.07) is 10.8. The number of halogens is 1. The number of hydrogen-bond donors (Lipinski definition) is 3. The Morgan fingerprint density at radius 1 is 1.15 bits per heavy atom. The molecule has 11 heteroatoms. The number of nitrogens with zero attached hydrogens (tertiary/aromatic N) is 2. The van der Waals surface area contributed by atoms with Gasteiger partial charge in [-0.3, -0.25) is 14.4 Å². The van der Waals surface area contributed by atoms with Crippen LogP contribution in [0, 0.1) is 5.82 Å². The van der Waals surface area contributed by atoms with Gasteiger partial charge in [-0.1, -0.05) is 12.1 Å². The molecular weight excluding hydrogens is 447 g/mol. The topological polar surface area (TPSA) is 134 Å². The molecule has 180 valence electrons. The Morgan fingerprint density at radius 2 is 1.88 bits per heavy atom. The highest BCUT2D eigenvalue weighted by Crippen LogP contribution is 2.26. The van der Waals surface area contributed by atoms with Crippen molar-refractivity contribution in [1.29, 1.82) is 0 Å². The van der Waals surface area contributed by atoms with E-state index in [0.29, 0.717) is 24.5 Å². The zero-order valence-corrected chi connectivity index (χ0v) is 18.3. The first kappa shape index (κ1) is 23.8. The quantitative estimate of drug-likeness (QED) is 0.553. The predicted octanol–water partition coefficient (Wildman–Crippen LogP) is 0.379. The van der Waals surface area contributed by atoms with Crippen molar-refractivity contribution in [3.63, 3.8) is 0 Å². The number of aliphatic hydroxyl groups excluding tert-OH is 1. The van der Waals surface area contributed by atoms with Crippen LogP contribution in [0.25, 0.3) is 0 Å². The first-order chi connectivity index (χ1) is 16.4. The van der Waals surface area contributed by atoms with Gasteiger partial charge in [-0.25, -0.2) is 4.39 Å². The third kappa shape index (κ3) is 4.92. The first-order valence-corrected chi connectivity index (χ1v) is 10.8. The second-order valence-electron chi connectivity index (χ2n) is 7.84. The molecule has 2 heterocycles. The van der Waals surface area contributed by atoms with Crippen molar-refractivity contribution < 1.29 is 33.4 Å². The fourth-order valence-electron chi connectivity index (χ4n) is 3.85. The minimum absolute atomic E-state index is 0.00380. The number of rotatable bonds is 6. The van der Waals surface area contributed by atoms with Gasteiger partial charge >= 0.3 is 0 Å². The molecule has 4 rings (SSSR count). The van der Waals surface area contributed by atoms with Gasteiger partial charge in [-0.05, 0) is 30.3 Å². The number of hydrogen-bond acceptors (Lipinski definition) is 7. The Hall–Kier alpha value is -3.38. The van der Waals surface area contributed by atoms with E-state index in [1.54, 1.807) is 29.2 Å². The molecule has 0 aromatic heterocycles. The van der Waals surface area contributed by atoms with E-state index in [-0.39, 0.29) is 43.5 Å². The van der Waals surface area contributed by atoms with E-state index in [1.165, 1.54) is 17.0 Å². The van der Waals surface area contributed by atoms with Gasteiger partial charge < -0.3 is 35.4 Å². The highest BCUT2D eigenvalue weighted by molar-refractivity contribution is 6.04. The van der Waals surface area contributed by atoms with E-state index in [0.717, 1.165) is 6.07 Å². The van der Waals surface area contributed by atoms with Crippen LogP contribution in [0.2, 0.25) is 0 Å². The van der Waals surface area contributed by atoms with Crippen LogP contribution in [0.4, 0.5) is 21.5 Å². The van der Waals surface area contributed by atoms with Crippen molar-refractivity contribution in [2.24, 2.45) is 5.73 Å². The normalized spacial score (nSPS) is 19.8. The molecule has 0 bridgehead atoms. The first-order valence-electron chi connectivity index (χ1n) is 10.8. The van der Waals surface area contributed by atoms with Crippen molar-refractivity contribution in [2.75, 3.05) is 48.0 Å². The molecule has 2 saturated heterocycles. The van der Waals surface area contributed by atoms with Gasteiger partial charge in [0, 0.05) is 42.3 Å². The Morgan fingerprint density at radius 3 is 2.59 bits per heavy atom. The summed E-state index contributed by atoms with van der Waals surface area (Å²) >= 11 is 0. The van der Waals surface area contributed by atoms with E-state index in [4.69, 9.17) is 15.2 Å². The zero-order valence-electron chi connectivity index (χ0n) is 18.3. The summed E-state index contributed by atoms with van der Waals surface area (Å²) in [5.41, 5.74) is 6.94. The van der Waals surface area contributed by atoms with Crippen LogP contribution in [0.3, 0.4) is 0 Å². The lowest BCUT2D eigenvalue weighted by atomic mass is 10.1. The van der Waals surface area contributed by atoms with E-state index >= 15 is 0 Å². The molecule has 3 amide bonds. The van der Waals surface area contributed by atoms with Gasteiger partial charge in [-0.2, -0.15) is 0 Å². The zero-order chi connectivity index (χ0) is 24.2. The van der Waals surface area contributed by atoms with Crippen LogP contribution in [-0.2, 0) is 30.4 Å². The Bertz CT molecular complexity index is 1100. The van der Waals surface area contributed by atoms with Crippen molar-refractivity contribution >= 4 is 34.8 Å². The average Bonchev–Trinajstić information content (AvgIpc) is 2.84. The standard InChI is InChI=1S/C23H25FN4O6/c24-18-10-15(5-4-14(18)12-25)26-22(31)20(30)21-23(32)28(7-9-34-21)17-3-1-2-16(11-17)27-6-8-33-13-19(27)29/h1-5,10-11,20-21,30H,6-9,12-13,25H2,(H,26,31). The number of anilines is 3. The van der Waals surface area contributed by atoms with Gasteiger partial charge in [0.2, 0.25) is 0 Å². The lowest BCUT2D eigenvalue weighted by Gasteiger charge is -2.35. The van der Waals surface area contributed by atoms with Crippen LogP contribution in [0.15, 0.2) is 42.5 Å². The summed E-state index contributed by atoms with van der Waals surface area (Å²) in [6.07, 6.45) is -3.27. The Kier molecular flexibility index (Phi) is 7.17. The van der Waals surface area contributed by atoms with Gasteiger partial charge in [0.1, 0.15) is 12.4 Å². The van der Waals surface area contributed by atoms with Crippen molar-refractivity contribution in [3.05, 3.63) is 53.8 Å². The summed E-state index contributed by atoms with van der Waals surface area (Å²) in [6.45, 7) is 1.09. The lowest BCUT2D eigenvalue weighted by Crippen LogP contribution is -2.55. The van der Waals surface area contributed by atoms with Crippen LogP contribution < -0.4 is 20.9 Å². The summed E-state index contributed by atoms with van der Waals surface area (Å²) in [5, 5.41) is 12.9. The second kappa shape index (κ2) is 10.3. The predicted molar refractivity (Wildman–Crippen MR) is 121 cm³/mol. The van der Waals surface area contributed by atoms with Crippen molar-refractivity contribution in [2.45, 2.75) is 18.8 Å². The number of benzene rings is 2. The van der Waals surface area contributed by atoms with Crippen molar-refractivity contribution in [3.8, 4) is 0 Å². The fourth-order valence-corrected chi connectivity index (χ4v) is 3.85. The van der Waals surface area contributed by atoms with Crippen LogP contribution in [0.5, 0.6) is 0 Å². The molecule has 0 spiro atoms. The SMILES string of the molecule is NCc1ccc(NC(=O)C(O)C2OCCN(c3cccc(N4CCOCC4=O)c3)C2=O)cc1F. The number of amides is 3. The van der Waals surface area contributed by atoms with Gasteiger partial charge in [0.05, 0.1) is 13.2 Å². The minimum atomic E-state index is -1.82. The van der Waals surface area contributed by atoms with Crippen LogP contribution in [-0.4, -0.2) is 67.9 Å². The number of carbonyl (C=O) groups excluding carboxylic acids is 3. The highest BCUT2D eigenvalue weighted by atomic mass is 19.1. The molecular formula is C23H25FN4O6. The largest absolute Gasteiger partial charge is 0.380 e. The summed E-state index contributed by atoms with van der Waals surface area (Å²) < 4.78 is 24.5. The Labute approximate surface area is 195 Å². The molecule has 34 heavy (non-hydrogen) atoms. The third-order valence-electron chi connectivity index (χ3n) is 5.66. The number of aliphatic hydroxyl groups is 1. The molecule has 10 nitrogen and oxygen atoms in total. The highest BCUT2D eigenvalue weighted by Gasteiger charge is 2.39. The molecule has 2 atom stereocenters. The molecule has 0 saturated carbocycles. The summed E-state index contributed by atoms with van der Waals surface area (Å²) in [7, 11) is 0. The molecule has 0 aliphatic carbocycles. The molecule has 2 fully saturated rings.